The van der Waals surface area contributed by atoms with Crippen molar-refractivity contribution in [2.75, 3.05) is 5.73 Å². The van der Waals surface area contributed by atoms with Gasteiger partial charge >= 0.3 is 5.69 Å². The molecule has 0 amide bonds. The number of anilines is 1. The summed E-state index contributed by atoms with van der Waals surface area (Å²) in [7, 11) is 0. The zero-order chi connectivity index (χ0) is 10.5. The molecule has 4 N–H and O–H groups in total. The molecule has 0 aliphatic heterocycles. The summed E-state index contributed by atoms with van der Waals surface area (Å²) in [6, 6.07) is 0. The summed E-state index contributed by atoms with van der Waals surface area (Å²) in [5.74, 6) is 0. The first-order valence-electron chi connectivity index (χ1n) is 3.56. The molecule has 7 heteroatoms. The molecule has 0 atom stereocenters. The van der Waals surface area contributed by atoms with Crippen LogP contribution in [-0.2, 0) is 0 Å². The SMILES string of the molecule is Nc1c(Cl)c(Cl)c2[nH]c(=O)[nH]c2c1Cl. The highest BCUT2D eigenvalue weighted by molar-refractivity contribution is 6.50. The Bertz CT molecular complexity index is 524. The van der Waals surface area contributed by atoms with Gasteiger partial charge in [-0.25, -0.2) is 4.79 Å². The number of nitrogens with two attached hydrogens (primary N) is 1. The monoisotopic (exact) mass is 251 g/mol. The molecule has 4 nitrogen and oxygen atoms in total. The first kappa shape index (κ1) is 9.71. The minimum Gasteiger partial charge on any atom is -0.396 e. The maximum Gasteiger partial charge on any atom is 0.323 e. The molecule has 1 heterocycles. The van der Waals surface area contributed by atoms with Gasteiger partial charge in [0.15, 0.2) is 0 Å². The van der Waals surface area contributed by atoms with Gasteiger partial charge in [-0.3, -0.25) is 0 Å². The number of halogens is 3. The summed E-state index contributed by atoms with van der Waals surface area (Å²) in [5.41, 5.74) is 6.04. The summed E-state index contributed by atoms with van der Waals surface area (Å²) in [4.78, 5) is 15.9. The Labute approximate surface area is 93.0 Å². The van der Waals surface area contributed by atoms with Gasteiger partial charge in [0, 0.05) is 0 Å². The topological polar surface area (TPSA) is 74.7 Å². The van der Waals surface area contributed by atoms with Gasteiger partial charge in [-0.2, -0.15) is 0 Å². The van der Waals surface area contributed by atoms with Crippen LogP contribution in [-0.4, -0.2) is 9.97 Å². The molecule has 0 saturated carbocycles. The van der Waals surface area contributed by atoms with Crippen LogP contribution in [0.5, 0.6) is 0 Å². The number of nitrogens with one attached hydrogen (secondary N) is 2. The van der Waals surface area contributed by atoms with Crippen molar-refractivity contribution in [2.45, 2.75) is 0 Å². The van der Waals surface area contributed by atoms with Crippen LogP contribution in [0.1, 0.15) is 0 Å². The fraction of sp³-hybridized carbons (Fsp3) is 0. The molecule has 1 aromatic carbocycles. The van der Waals surface area contributed by atoms with E-state index in [4.69, 9.17) is 40.5 Å². The van der Waals surface area contributed by atoms with Crippen LogP contribution in [0.2, 0.25) is 15.1 Å². The summed E-state index contributed by atoms with van der Waals surface area (Å²) < 4.78 is 0. The smallest absolute Gasteiger partial charge is 0.323 e. The number of aromatic nitrogens is 2. The number of rotatable bonds is 0. The van der Waals surface area contributed by atoms with E-state index >= 15 is 0 Å². The number of H-pyrrole nitrogens is 2. The van der Waals surface area contributed by atoms with Crippen molar-refractivity contribution in [1.82, 2.24) is 9.97 Å². The Kier molecular flexibility index (Phi) is 2.14. The second-order valence-corrected chi connectivity index (χ2v) is 3.82. The molecule has 2 rings (SSSR count). The number of imidazole rings is 1. The second-order valence-electron chi connectivity index (χ2n) is 2.68. The van der Waals surface area contributed by atoms with Crippen LogP contribution < -0.4 is 11.4 Å². The minimum absolute atomic E-state index is 0.138. The predicted molar refractivity (Wildman–Crippen MR) is 58.4 cm³/mol. The predicted octanol–water partition coefficient (Wildman–Crippen LogP) is 2.40. The van der Waals surface area contributed by atoms with Crippen molar-refractivity contribution in [3.63, 3.8) is 0 Å². The van der Waals surface area contributed by atoms with Crippen molar-refractivity contribution in [3.05, 3.63) is 25.6 Å². The van der Waals surface area contributed by atoms with Crippen molar-refractivity contribution < 1.29 is 0 Å². The van der Waals surface area contributed by atoms with Gasteiger partial charge in [0.05, 0.1) is 31.8 Å². The number of benzene rings is 1. The van der Waals surface area contributed by atoms with E-state index in [-0.39, 0.29) is 20.8 Å². The largest absolute Gasteiger partial charge is 0.396 e. The first-order valence-corrected chi connectivity index (χ1v) is 4.69. The normalized spacial score (nSPS) is 11.1. The Morgan fingerprint density at radius 1 is 0.929 bits per heavy atom. The van der Waals surface area contributed by atoms with Crippen molar-refractivity contribution in [3.8, 4) is 0 Å². The van der Waals surface area contributed by atoms with Gasteiger partial charge in [-0.05, 0) is 0 Å². The van der Waals surface area contributed by atoms with E-state index < -0.39 is 5.69 Å². The lowest BCUT2D eigenvalue weighted by atomic mass is 10.3. The number of hydrogen-bond acceptors (Lipinski definition) is 2. The summed E-state index contributed by atoms with van der Waals surface area (Å²) in [5, 5.41) is 0.508. The maximum absolute atomic E-state index is 11.0. The lowest BCUT2D eigenvalue weighted by Gasteiger charge is -2.04. The van der Waals surface area contributed by atoms with Gasteiger partial charge in [0.2, 0.25) is 0 Å². The zero-order valence-electron chi connectivity index (χ0n) is 6.62. The third kappa shape index (κ3) is 1.19. The second kappa shape index (κ2) is 3.08. The van der Waals surface area contributed by atoms with Crippen molar-refractivity contribution in [2.24, 2.45) is 0 Å². The van der Waals surface area contributed by atoms with Crippen LogP contribution >= 0.6 is 34.8 Å². The molecule has 74 valence electrons. The highest BCUT2D eigenvalue weighted by Gasteiger charge is 2.15. The fourth-order valence-electron chi connectivity index (χ4n) is 1.17. The molecular weight excluding hydrogens is 248 g/mol. The summed E-state index contributed by atoms with van der Waals surface area (Å²) in [6.07, 6.45) is 0. The standard InChI is InChI=1S/C7H4Cl3N3O/c8-1-2(9)5-6(3(10)4(1)11)13-7(14)12-5/h11H2,(H2,12,13,14). The van der Waals surface area contributed by atoms with E-state index in [1.54, 1.807) is 0 Å². The van der Waals surface area contributed by atoms with Crippen LogP contribution in [0.25, 0.3) is 11.0 Å². The molecule has 1 aromatic heterocycles. The molecule has 0 aliphatic rings. The van der Waals surface area contributed by atoms with Crippen LogP contribution in [0.4, 0.5) is 5.69 Å². The van der Waals surface area contributed by atoms with Crippen LogP contribution in [0.3, 0.4) is 0 Å². The molecule has 14 heavy (non-hydrogen) atoms. The van der Waals surface area contributed by atoms with Gasteiger partial charge in [0.1, 0.15) is 0 Å². The summed E-state index contributed by atoms with van der Waals surface area (Å²) in [6.45, 7) is 0. The molecule has 2 aromatic rings. The molecular formula is C7H4Cl3N3O. The molecule has 0 spiro atoms. The summed E-state index contributed by atoms with van der Waals surface area (Å²) >= 11 is 17.5. The first-order chi connectivity index (χ1) is 6.52. The Morgan fingerprint density at radius 3 is 2.00 bits per heavy atom. The quantitative estimate of drug-likeness (QED) is 0.497. The van der Waals surface area contributed by atoms with Gasteiger partial charge in [-0.1, -0.05) is 34.8 Å². The van der Waals surface area contributed by atoms with Crippen LogP contribution in [0, 0.1) is 0 Å². The lowest BCUT2D eigenvalue weighted by Crippen LogP contribution is -1.99. The Morgan fingerprint density at radius 2 is 1.43 bits per heavy atom. The van der Waals surface area contributed by atoms with Crippen molar-refractivity contribution >= 4 is 51.5 Å². The number of hydrogen-bond donors (Lipinski definition) is 3. The Hall–Kier alpha value is -0.840. The molecule has 0 unspecified atom stereocenters. The van der Waals surface area contributed by atoms with Crippen molar-refractivity contribution in [1.29, 1.82) is 0 Å². The van der Waals surface area contributed by atoms with Gasteiger partial charge < -0.3 is 15.7 Å². The molecule has 0 bridgehead atoms. The minimum atomic E-state index is -0.412. The van der Waals surface area contributed by atoms with Gasteiger partial charge in [-0.15, -0.1) is 0 Å². The number of aromatic amines is 2. The number of fused-ring (bicyclic) bond motifs is 1. The van der Waals surface area contributed by atoms with E-state index in [1.807, 2.05) is 0 Å². The Balaban J connectivity index is 3.08. The average Bonchev–Trinajstić information content (AvgIpc) is 2.54. The van der Waals surface area contributed by atoms with E-state index in [0.29, 0.717) is 11.0 Å². The lowest BCUT2D eigenvalue weighted by molar-refractivity contribution is 1.22. The van der Waals surface area contributed by atoms with Crippen LogP contribution in [0.15, 0.2) is 4.79 Å². The van der Waals surface area contributed by atoms with E-state index in [9.17, 15) is 4.79 Å². The third-order valence-corrected chi connectivity index (χ3v) is 3.09. The molecule has 0 fully saturated rings. The van der Waals surface area contributed by atoms with E-state index in [1.165, 1.54) is 0 Å². The number of nitrogen functional groups attached to an aromatic ring is 1. The van der Waals surface area contributed by atoms with Gasteiger partial charge in [0.25, 0.3) is 0 Å². The average molecular weight is 252 g/mol. The highest BCUT2D eigenvalue weighted by Crippen LogP contribution is 2.39. The van der Waals surface area contributed by atoms with E-state index in [2.05, 4.69) is 9.97 Å². The zero-order valence-corrected chi connectivity index (χ0v) is 8.89. The molecule has 0 aliphatic carbocycles. The highest BCUT2D eigenvalue weighted by atomic mass is 35.5. The van der Waals surface area contributed by atoms with E-state index in [0.717, 1.165) is 0 Å². The maximum atomic E-state index is 11.0. The molecule has 0 radical (unpaired) electrons. The molecule has 0 saturated heterocycles. The third-order valence-electron chi connectivity index (χ3n) is 1.83. The fourth-order valence-corrected chi connectivity index (χ4v) is 1.89.